The van der Waals surface area contributed by atoms with Crippen molar-refractivity contribution in [3.05, 3.63) is 107 Å². The van der Waals surface area contributed by atoms with Gasteiger partial charge in [0.1, 0.15) is 0 Å². The molecule has 0 amide bonds. The predicted molar refractivity (Wildman–Crippen MR) is 133 cm³/mol. The first-order valence-electron chi connectivity index (χ1n) is 11.0. The molecule has 0 aliphatic carbocycles. The fourth-order valence-electron chi connectivity index (χ4n) is 4.29. The lowest BCUT2D eigenvalue weighted by Crippen LogP contribution is -2.15. The van der Waals surface area contributed by atoms with Crippen LogP contribution in [0.3, 0.4) is 0 Å². The van der Waals surface area contributed by atoms with Crippen molar-refractivity contribution < 1.29 is 29.4 Å². The van der Waals surface area contributed by atoms with Gasteiger partial charge in [-0.15, -0.1) is 0 Å². The Balaban J connectivity index is 1.75. The van der Waals surface area contributed by atoms with Crippen LogP contribution in [0.4, 0.5) is 0 Å². The van der Waals surface area contributed by atoms with Crippen LogP contribution in [0.1, 0.15) is 40.0 Å². The van der Waals surface area contributed by atoms with E-state index in [0.717, 1.165) is 10.8 Å². The van der Waals surface area contributed by atoms with Crippen molar-refractivity contribution in [1.82, 2.24) is 0 Å². The average Bonchev–Trinajstić information content (AvgIpc) is 2.85. The maximum absolute atomic E-state index is 13.3. The van der Waals surface area contributed by atoms with Gasteiger partial charge in [-0.2, -0.15) is 0 Å². The molecule has 0 saturated carbocycles. The Morgan fingerprint density at radius 2 is 0.971 bits per heavy atom. The Hall–Kier alpha value is -4.58. The summed E-state index contributed by atoms with van der Waals surface area (Å²) in [6, 6.07) is 25.1. The first kappa shape index (κ1) is 23.6. The van der Waals surface area contributed by atoms with Crippen LogP contribution in [0.25, 0.3) is 21.5 Å². The Labute approximate surface area is 201 Å². The summed E-state index contributed by atoms with van der Waals surface area (Å²) >= 11 is 0. The zero-order chi connectivity index (χ0) is 24.9. The van der Waals surface area contributed by atoms with Gasteiger partial charge in [-0.1, -0.05) is 84.9 Å². The number of carbonyl (C=O) groups is 4. The molecule has 6 nitrogen and oxygen atoms in total. The molecule has 0 spiro atoms. The number of benzene rings is 4. The van der Waals surface area contributed by atoms with Gasteiger partial charge in [0.15, 0.2) is 11.6 Å². The van der Waals surface area contributed by atoms with E-state index in [1.54, 1.807) is 48.5 Å². The van der Waals surface area contributed by atoms with Gasteiger partial charge in [0.25, 0.3) is 0 Å². The molecular weight excluding hydrogens is 444 g/mol. The molecule has 0 aliphatic heterocycles. The van der Waals surface area contributed by atoms with E-state index in [2.05, 4.69) is 0 Å². The zero-order valence-electron chi connectivity index (χ0n) is 18.7. The topological polar surface area (TPSA) is 109 Å². The van der Waals surface area contributed by atoms with Gasteiger partial charge in [-0.25, -0.2) is 4.79 Å². The smallest absolute Gasteiger partial charge is 0.332 e. The van der Waals surface area contributed by atoms with E-state index in [9.17, 15) is 29.4 Å². The molecule has 4 rings (SSSR count). The summed E-state index contributed by atoms with van der Waals surface area (Å²) in [6.07, 6.45) is -1.55. The number of Topliss-reactive ketones (excluding diaryl/α,β-unsaturated/α-hetero) is 2. The zero-order valence-corrected chi connectivity index (χ0v) is 18.7. The third-order valence-electron chi connectivity index (χ3n) is 5.94. The van der Waals surface area contributed by atoms with Crippen LogP contribution in [0.2, 0.25) is 0 Å². The maximum atomic E-state index is 13.3. The van der Waals surface area contributed by atoms with Crippen LogP contribution in [0, 0.1) is 0 Å². The van der Waals surface area contributed by atoms with Crippen LogP contribution in [-0.2, 0) is 9.59 Å². The normalized spacial score (nSPS) is 10.7. The highest BCUT2D eigenvalue weighted by Crippen LogP contribution is 2.27. The molecule has 2 N–H and O–H groups in total. The van der Waals surface area contributed by atoms with Crippen LogP contribution >= 0.6 is 0 Å². The second-order valence-corrected chi connectivity index (χ2v) is 8.21. The highest BCUT2D eigenvalue weighted by molar-refractivity contribution is 6.12. The van der Waals surface area contributed by atoms with Crippen molar-refractivity contribution in [3.63, 3.8) is 0 Å². The number of fused-ring (bicyclic) bond motifs is 2. The maximum Gasteiger partial charge on any atom is 0.332 e. The molecule has 0 atom stereocenters. The van der Waals surface area contributed by atoms with Crippen molar-refractivity contribution in [2.45, 2.75) is 19.3 Å². The Kier molecular flexibility index (Phi) is 6.83. The average molecular weight is 466 g/mol. The first-order valence-corrected chi connectivity index (χ1v) is 11.0. The monoisotopic (exact) mass is 466 g/mol. The van der Waals surface area contributed by atoms with Crippen molar-refractivity contribution in [2.75, 3.05) is 0 Å². The predicted octanol–water partition coefficient (Wildman–Crippen LogP) is 5.69. The number of allylic oxidation sites excluding steroid dienone is 1. The molecule has 0 aliphatic rings. The van der Waals surface area contributed by atoms with Gasteiger partial charge >= 0.3 is 11.9 Å². The van der Waals surface area contributed by atoms with Crippen molar-refractivity contribution >= 4 is 45.0 Å². The lowest BCUT2D eigenvalue weighted by Gasteiger charge is -2.13. The molecule has 4 aromatic rings. The highest BCUT2D eigenvalue weighted by atomic mass is 16.4. The van der Waals surface area contributed by atoms with E-state index >= 15 is 0 Å². The third kappa shape index (κ3) is 5.17. The Morgan fingerprint density at radius 3 is 1.40 bits per heavy atom. The number of aliphatic carboxylic acids is 2. The van der Waals surface area contributed by atoms with Crippen molar-refractivity contribution in [1.29, 1.82) is 0 Å². The van der Waals surface area contributed by atoms with E-state index in [4.69, 9.17) is 0 Å². The Morgan fingerprint density at radius 1 is 0.543 bits per heavy atom. The van der Waals surface area contributed by atoms with E-state index in [-0.39, 0.29) is 30.0 Å². The molecule has 0 heterocycles. The van der Waals surface area contributed by atoms with Crippen molar-refractivity contribution in [2.24, 2.45) is 0 Å². The summed E-state index contributed by atoms with van der Waals surface area (Å²) in [5, 5.41) is 22.2. The Bertz CT molecular complexity index is 1410. The summed E-state index contributed by atoms with van der Waals surface area (Å²) in [6.45, 7) is 0. The number of hydrogen-bond donors (Lipinski definition) is 2. The first-order chi connectivity index (χ1) is 16.8. The summed E-state index contributed by atoms with van der Waals surface area (Å²) < 4.78 is 0. The van der Waals surface area contributed by atoms with Gasteiger partial charge in [-0.05, 0) is 27.1 Å². The highest BCUT2D eigenvalue weighted by Gasteiger charge is 2.24. The largest absolute Gasteiger partial charge is 0.481 e. The molecule has 35 heavy (non-hydrogen) atoms. The second-order valence-electron chi connectivity index (χ2n) is 8.21. The molecule has 0 bridgehead atoms. The number of hydrogen-bond acceptors (Lipinski definition) is 4. The molecule has 0 unspecified atom stereocenters. The third-order valence-corrected chi connectivity index (χ3v) is 5.94. The minimum Gasteiger partial charge on any atom is -0.481 e. The molecule has 174 valence electrons. The molecule has 0 fully saturated rings. The second kappa shape index (κ2) is 10.1. The van der Waals surface area contributed by atoms with Gasteiger partial charge in [0.2, 0.25) is 0 Å². The van der Waals surface area contributed by atoms with Gasteiger partial charge in [0.05, 0.1) is 6.42 Å². The van der Waals surface area contributed by atoms with Crippen LogP contribution in [-0.4, -0.2) is 33.7 Å². The number of ketones is 2. The summed E-state index contributed by atoms with van der Waals surface area (Å²) in [5.74, 6) is -3.58. The number of rotatable bonds is 9. The van der Waals surface area contributed by atoms with Crippen molar-refractivity contribution in [3.8, 4) is 0 Å². The van der Waals surface area contributed by atoms with E-state index in [0.29, 0.717) is 21.9 Å². The van der Waals surface area contributed by atoms with Gasteiger partial charge in [0, 0.05) is 29.5 Å². The van der Waals surface area contributed by atoms with E-state index in [1.165, 1.54) is 0 Å². The fourth-order valence-corrected chi connectivity index (χ4v) is 4.29. The number of carboxylic acid groups (broad SMARTS) is 2. The standard InChI is InChI=1S/C29H22O6/c30-26(23-13-5-9-18-7-1-3-11-21(18)23)15-20(25(29(34)35)17-28(32)33)16-27(31)24-14-6-10-19-8-2-4-12-22(19)24/h1-14H,15-17H2,(H,32,33)(H,34,35). The summed E-state index contributed by atoms with van der Waals surface area (Å²) in [7, 11) is 0. The van der Waals surface area contributed by atoms with Gasteiger partial charge < -0.3 is 10.2 Å². The van der Waals surface area contributed by atoms with Gasteiger partial charge in [-0.3, -0.25) is 14.4 Å². The van der Waals surface area contributed by atoms with Crippen LogP contribution < -0.4 is 0 Å². The van der Waals surface area contributed by atoms with Crippen LogP contribution in [0.5, 0.6) is 0 Å². The van der Waals surface area contributed by atoms with Crippen LogP contribution in [0.15, 0.2) is 96.1 Å². The molecule has 0 saturated heterocycles. The molecule has 0 aromatic heterocycles. The number of carboxylic acids is 2. The van der Waals surface area contributed by atoms with E-state index < -0.39 is 23.9 Å². The molecule has 4 aromatic carbocycles. The summed E-state index contributed by atoms with van der Waals surface area (Å²) in [5.41, 5.74) is 0.326. The minimum atomic E-state index is -1.46. The molecule has 0 radical (unpaired) electrons. The number of carbonyl (C=O) groups excluding carboxylic acids is 2. The SMILES string of the molecule is O=C(O)CC(C(=O)O)=C(CC(=O)c1cccc2ccccc12)CC(=O)c1cccc2ccccc12. The lowest BCUT2D eigenvalue weighted by atomic mass is 9.89. The fraction of sp³-hybridized carbons (Fsp3) is 0.103. The van der Waals surface area contributed by atoms with E-state index in [1.807, 2.05) is 36.4 Å². The molecular formula is C29H22O6. The quantitative estimate of drug-likeness (QED) is 0.242. The minimum absolute atomic E-state index is 0.00392. The lowest BCUT2D eigenvalue weighted by molar-refractivity contribution is -0.139. The molecule has 6 heteroatoms. The summed E-state index contributed by atoms with van der Waals surface area (Å²) in [4.78, 5) is 50.1.